The average molecular weight is 544 g/mol. The summed E-state index contributed by atoms with van der Waals surface area (Å²) >= 11 is 12.3. The Morgan fingerprint density at radius 1 is 1.03 bits per heavy atom. The number of halogens is 3. The molecule has 0 bridgehead atoms. The molecule has 0 spiro atoms. The Bertz CT molecular complexity index is 1250. The van der Waals surface area contributed by atoms with Crippen LogP contribution in [0.2, 0.25) is 10.0 Å². The van der Waals surface area contributed by atoms with Crippen LogP contribution in [-0.2, 0) is 26.3 Å². The third kappa shape index (κ3) is 5.66. The first-order valence-corrected chi connectivity index (χ1v) is 12.9. The number of hydrogen-bond donors (Lipinski definition) is 1. The molecule has 1 amide bonds. The quantitative estimate of drug-likeness (QED) is 0.338. The van der Waals surface area contributed by atoms with E-state index in [0.717, 1.165) is 5.56 Å². The van der Waals surface area contributed by atoms with Crippen LogP contribution in [0.15, 0.2) is 72.8 Å². The fraction of sp³-hybridized carbons (Fsp3) is 0.310. The minimum absolute atomic E-state index is 0.157. The number of carbonyl (C=O) groups is 2. The van der Waals surface area contributed by atoms with Gasteiger partial charge >= 0.3 is 5.97 Å². The van der Waals surface area contributed by atoms with E-state index in [9.17, 15) is 19.1 Å². The van der Waals surface area contributed by atoms with Gasteiger partial charge in [0.05, 0.1) is 6.04 Å². The Hall–Kier alpha value is -2.93. The number of benzene rings is 3. The number of carbonyl (C=O) groups excluding carboxylic acids is 1. The molecule has 194 valence electrons. The van der Waals surface area contributed by atoms with E-state index in [1.165, 1.54) is 17.0 Å². The van der Waals surface area contributed by atoms with Gasteiger partial charge in [-0.05, 0) is 66.4 Å². The summed E-state index contributed by atoms with van der Waals surface area (Å²) in [5.41, 5.74) is 0.987. The van der Waals surface area contributed by atoms with Crippen LogP contribution >= 0.6 is 23.2 Å². The van der Waals surface area contributed by atoms with Gasteiger partial charge in [-0.15, -0.1) is 0 Å². The molecule has 1 fully saturated rings. The highest BCUT2D eigenvalue weighted by atomic mass is 35.5. The summed E-state index contributed by atoms with van der Waals surface area (Å²) in [6.45, 7) is 3.74. The standard InChI is InChI=1S/C29H28Cl2FNO4/c1-3-4-24(28(35)36)33-26(19-7-11-21(30)12-8-19)29(2,20-9-13-22(31)14-10-20)37-25(27(33)34)17-18-5-15-23(32)16-6-18/h5-16,24-26H,3-4,17H2,1-2H3,(H,35,36)/t24-,25-,26+,29-/m0/s1. The van der Waals surface area contributed by atoms with Crippen molar-refractivity contribution in [3.05, 3.63) is 105 Å². The zero-order valence-electron chi connectivity index (χ0n) is 20.5. The highest BCUT2D eigenvalue weighted by Gasteiger charge is 2.54. The van der Waals surface area contributed by atoms with E-state index in [2.05, 4.69) is 0 Å². The molecule has 1 heterocycles. The van der Waals surface area contributed by atoms with Crippen LogP contribution in [0.25, 0.3) is 0 Å². The largest absolute Gasteiger partial charge is 0.480 e. The van der Waals surface area contributed by atoms with Gasteiger partial charge in [0.15, 0.2) is 0 Å². The lowest BCUT2D eigenvalue weighted by Crippen LogP contribution is -2.62. The van der Waals surface area contributed by atoms with Gasteiger partial charge in [-0.3, -0.25) is 4.79 Å². The molecule has 1 saturated heterocycles. The smallest absolute Gasteiger partial charge is 0.326 e. The Kier molecular flexibility index (Phi) is 8.22. The number of amides is 1. The van der Waals surface area contributed by atoms with Gasteiger partial charge < -0.3 is 14.7 Å². The molecule has 0 radical (unpaired) electrons. The summed E-state index contributed by atoms with van der Waals surface area (Å²) in [5, 5.41) is 11.3. The summed E-state index contributed by atoms with van der Waals surface area (Å²) in [7, 11) is 0. The topological polar surface area (TPSA) is 66.8 Å². The number of carboxylic acid groups (broad SMARTS) is 1. The first-order valence-electron chi connectivity index (χ1n) is 12.1. The monoisotopic (exact) mass is 543 g/mol. The predicted molar refractivity (Wildman–Crippen MR) is 141 cm³/mol. The number of rotatable bonds is 8. The van der Waals surface area contributed by atoms with Crippen LogP contribution in [0.4, 0.5) is 4.39 Å². The molecule has 0 unspecified atom stereocenters. The van der Waals surface area contributed by atoms with E-state index in [0.29, 0.717) is 27.6 Å². The van der Waals surface area contributed by atoms with E-state index in [1.807, 2.05) is 26.0 Å². The van der Waals surface area contributed by atoms with E-state index in [-0.39, 0.29) is 18.7 Å². The van der Waals surface area contributed by atoms with Gasteiger partial charge in [0.2, 0.25) is 0 Å². The number of morpholine rings is 1. The Labute approximate surface area is 225 Å². The second kappa shape index (κ2) is 11.2. The highest BCUT2D eigenvalue weighted by molar-refractivity contribution is 6.30. The van der Waals surface area contributed by atoms with Gasteiger partial charge in [0, 0.05) is 16.5 Å². The SMILES string of the molecule is CCC[C@@H](C(=O)O)N1C(=O)[C@H](Cc2ccc(F)cc2)O[C@@](C)(c2ccc(Cl)cc2)[C@H]1c1ccc(Cl)cc1. The summed E-state index contributed by atoms with van der Waals surface area (Å²) < 4.78 is 20.2. The number of nitrogens with zero attached hydrogens (tertiary/aromatic N) is 1. The lowest BCUT2D eigenvalue weighted by atomic mass is 9.79. The van der Waals surface area contributed by atoms with Gasteiger partial charge in [-0.2, -0.15) is 0 Å². The molecular formula is C29H28Cl2FNO4. The summed E-state index contributed by atoms with van der Waals surface area (Å²) in [5.74, 6) is -1.91. The first-order chi connectivity index (χ1) is 17.6. The molecule has 8 heteroatoms. The van der Waals surface area contributed by atoms with Crippen LogP contribution in [0.3, 0.4) is 0 Å². The van der Waals surface area contributed by atoms with Gasteiger partial charge in [-0.25, -0.2) is 9.18 Å². The molecule has 1 N–H and O–H groups in total. The fourth-order valence-corrected chi connectivity index (χ4v) is 5.30. The summed E-state index contributed by atoms with van der Waals surface area (Å²) in [6, 6.07) is 18.1. The molecule has 1 aliphatic heterocycles. The van der Waals surface area contributed by atoms with Crippen LogP contribution < -0.4 is 0 Å². The van der Waals surface area contributed by atoms with Crippen molar-refractivity contribution in [3.63, 3.8) is 0 Å². The Morgan fingerprint density at radius 2 is 1.59 bits per heavy atom. The van der Waals surface area contributed by atoms with Crippen molar-refractivity contribution in [1.29, 1.82) is 0 Å². The number of carboxylic acids is 1. The molecule has 1 aliphatic rings. The van der Waals surface area contributed by atoms with Crippen molar-refractivity contribution in [3.8, 4) is 0 Å². The maximum absolute atomic E-state index is 14.1. The van der Waals surface area contributed by atoms with Crippen LogP contribution in [0, 0.1) is 5.82 Å². The zero-order chi connectivity index (χ0) is 26.7. The average Bonchev–Trinajstić information content (AvgIpc) is 2.87. The maximum Gasteiger partial charge on any atom is 0.326 e. The van der Waals surface area contributed by atoms with Crippen molar-refractivity contribution >= 4 is 35.1 Å². The molecule has 5 nitrogen and oxygen atoms in total. The Balaban J connectivity index is 1.90. The predicted octanol–water partition coefficient (Wildman–Crippen LogP) is 6.81. The van der Waals surface area contributed by atoms with Crippen molar-refractivity contribution in [2.24, 2.45) is 0 Å². The van der Waals surface area contributed by atoms with Crippen LogP contribution in [0.5, 0.6) is 0 Å². The van der Waals surface area contributed by atoms with Gasteiger partial charge in [-0.1, -0.05) is 72.9 Å². The molecule has 4 atom stereocenters. The van der Waals surface area contributed by atoms with Gasteiger partial charge in [0.1, 0.15) is 23.6 Å². The van der Waals surface area contributed by atoms with Crippen molar-refractivity contribution < 1.29 is 23.8 Å². The van der Waals surface area contributed by atoms with Crippen LogP contribution in [0.1, 0.15) is 49.4 Å². The second-order valence-electron chi connectivity index (χ2n) is 9.39. The number of aliphatic carboxylic acids is 1. The first kappa shape index (κ1) is 27.1. The molecule has 3 aromatic carbocycles. The molecule has 4 rings (SSSR count). The van der Waals surface area contributed by atoms with E-state index >= 15 is 0 Å². The lowest BCUT2D eigenvalue weighted by molar-refractivity contribution is -0.209. The molecule has 0 saturated carbocycles. The minimum Gasteiger partial charge on any atom is -0.480 e. The number of ether oxygens (including phenoxy) is 1. The second-order valence-corrected chi connectivity index (χ2v) is 10.3. The molecular weight excluding hydrogens is 516 g/mol. The number of hydrogen-bond acceptors (Lipinski definition) is 3. The van der Waals surface area contributed by atoms with Crippen molar-refractivity contribution in [1.82, 2.24) is 4.90 Å². The van der Waals surface area contributed by atoms with Crippen molar-refractivity contribution in [2.45, 2.75) is 56.9 Å². The van der Waals surface area contributed by atoms with E-state index in [4.69, 9.17) is 27.9 Å². The highest BCUT2D eigenvalue weighted by Crippen LogP contribution is 2.48. The minimum atomic E-state index is -1.14. The normalized spacial score (nSPS) is 22.6. The fourth-order valence-electron chi connectivity index (χ4n) is 5.05. The summed E-state index contributed by atoms with van der Waals surface area (Å²) in [4.78, 5) is 28.1. The summed E-state index contributed by atoms with van der Waals surface area (Å²) in [6.07, 6.45) is -0.00120. The van der Waals surface area contributed by atoms with E-state index < -0.39 is 35.7 Å². The molecule has 37 heavy (non-hydrogen) atoms. The molecule has 0 aliphatic carbocycles. The molecule has 0 aromatic heterocycles. The van der Waals surface area contributed by atoms with Crippen LogP contribution in [-0.4, -0.2) is 34.0 Å². The molecule has 3 aromatic rings. The maximum atomic E-state index is 14.1. The third-order valence-corrected chi connectivity index (χ3v) is 7.34. The zero-order valence-corrected chi connectivity index (χ0v) is 22.0. The lowest BCUT2D eigenvalue weighted by Gasteiger charge is -2.52. The third-order valence-electron chi connectivity index (χ3n) is 6.84. The van der Waals surface area contributed by atoms with E-state index in [1.54, 1.807) is 48.5 Å². The van der Waals surface area contributed by atoms with Gasteiger partial charge in [0.25, 0.3) is 5.91 Å². The van der Waals surface area contributed by atoms with Crippen molar-refractivity contribution in [2.75, 3.05) is 0 Å². The Morgan fingerprint density at radius 3 is 2.14 bits per heavy atom.